The van der Waals surface area contributed by atoms with Gasteiger partial charge in [0.25, 0.3) is 0 Å². The number of hydrogen-bond acceptors (Lipinski definition) is 2. The molecule has 2 aromatic rings. The fourth-order valence-corrected chi connectivity index (χ4v) is 2.81. The number of rotatable bonds is 1. The van der Waals surface area contributed by atoms with E-state index in [0.717, 1.165) is 21.2 Å². The lowest BCUT2D eigenvalue weighted by atomic mass is 9.60. The molecular weight excluding hydrogens is 280 g/mol. The van der Waals surface area contributed by atoms with E-state index in [9.17, 15) is 4.79 Å². The quantitative estimate of drug-likeness (QED) is 0.785. The van der Waals surface area contributed by atoms with E-state index < -0.39 is 0 Å². The highest BCUT2D eigenvalue weighted by atomic mass is 79.9. The first-order chi connectivity index (χ1) is 7.98. The molecule has 88 valence electrons. The molecule has 0 aliphatic heterocycles. The number of hydrogen-bond donors (Lipinski definition) is 0. The van der Waals surface area contributed by atoms with E-state index in [-0.39, 0.29) is 11.3 Å². The first-order valence-corrected chi connectivity index (χ1v) is 6.50. The second kappa shape index (κ2) is 3.45. The van der Waals surface area contributed by atoms with Gasteiger partial charge < -0.3 is 4.42 Å². The van der Waals surface area contributed by atoms with E-state index in [1.807, 2.05) is 32.0 Å². The molecule has 1 fully saturated rings. The van der Waals surface area contributed by atoms with Gasteiger partial charge in [0.05, 0.1) is 0 Å². The van der Waals surface area contributed by atoms with Crippen molar-refractivity contribution >= 4 is 32.7 Å². The lowest BCUT2D eigenvalue weighted by Gasteiger charge is -2.41. The Balaban J connectivity index is 2.05. The van der Waals surface area contributed by atoms with Gasteiger partial charge in [0.15, 0.2) is 0 Å². The second-order valence-electron chi connectivity index (χ2n) is 5.23. The third-order valence-electron chi connectivity index (χ3n) is 3.82. The van der Waals surface area contributed by atoms with Crippen LogP contribution in [-0.4, -0.2) is 5.78 Å². The summed E-state index contributed by atoms with van der Waals surface area (Å²) in [6.07, 6.45) is 0.605. The van der Waals surface area contributed by atoms with Gasteiger partial charge in [-0.3, -0.25) is 4.79 Å². The number of carbonyl (C=O) groups is 1. The molecule has 1 unspecified atom stereocenters. The van der Waals surface area contributed by atoms with E-state index in [0.29, 0.717) is 12.2 Å². The Labute approximate surface area is 108 Å². The largest absolute Gasteiger partial charge is 0.461 e. The van der Waals surface area contributed by atoms with Crippen LogP contribution in [0.4, 0.5) is 0 Å². The van der Waals surface area contributed by atoms with Crippen LogP contribution in [0.25, 0.3) is 11.0 Å². The average molecular weight is 293 g/mol. The summed E-state index contributed by atoms with van der Waals surface area (Å²) in [6.45, 7) is 3.99. The molecular formula is C14H13BrO2. The van der Waals surface area contributed by atoms with E-state index in [1.165, 1.54) is 0 Å². The lowest BCUT2D eigenvalue weighted by Crippen LogP contribution is -2.43. The molecule has 0 amide bonds. The monoisotopic (exact) mass is 292 g/mol. The van der Waals surface area contributed by atoms with Gasteiger partial charge in [-0.2, -0.15) is 0 Å². The fraction of sp³-hybridized carbons (Fsp3) is 0.357. The molecule has 2 nitrogen and oxygen atoms in total. The number of benzene rings is 1. The topological polar surface area (TPSA) is 30.2 Å². The van der Waals surface area contributed by atoms with Crippen molar-refractivity contribution in [3.63, 3.8) is 0 Å². The van der Waals surface area contributed by atoms with Crippen molar-refractivity contribution in [2.75, 3.05) is 0 Å². The molecule has 1 aromatic heterocycles. The minimum atomic E-state index is -0.273. The van der Waals surface area contributed by atoms with Crippen molar-refractivity contribution in [2.45, 2.75) is 26.2 Å². The van der Waals surface area contributed by atoms with Gasteiger partial charge in [-0.05, 0) is 24.3 Å². The highest BCUT2D eigenvalue weighted by Gasteiger charge is 2.49. The second-order valence-corrected chi connectivity index (χ2v) is 6.15. The normalized spacial score (nSPS) is 22.8. The molecule has 1 atom stereocenters. The maximum absolute atomic E-state index is 11.6. The molecule has 0 N–H and O–H groups in total. The summed E-state index contributed by atoms with van der Waals surface area (Å²) in [5.41, 5.74) is 0.615. The van der Waals surface area contributed by atoms with Crippen LogP contribution in [0.3, 0.4) is 0 Å². The van der Waals surface area contributed by atoms with Crippen LogP contribution in [0.2, 0.25) is 0 Å². The lowest BCUT2D eigenvalue weighted by molar-refractivity contribution is -0.138. The highest BCUT2D eigenvalue weighted by Crippen LogP contribution is 2.50. The Bertz CT molecular complexity index is 610. The Morgan fingerprint density at radius 1 is 1.35 bits per heavy atom. The number of furan rings is 1. The predicted molar refractivity (Wildman–Crippen MR) is 70.1 cm³/mol. The summed E-state index contributed by atoms with van der Waals surface area (Å²) in [7, 11) is 0. The molecule has 1 saturated carbocycles. The number of fused-ring (bicyclic) bond motifs is 1. The van der Waals surface area contributed by atoms with Crippen molar-refractivity contribution in [1.29, 1.82) is 0 Å². The van der Waals surface area contributed by atoms with Crippen LogP contribution < -0.4 is 0 Å². The van der Waals surface area contributed by atoms with Crippen molar-refractivity contribution in [3.8, 4) is 0 Å². The van der Waals surface area contributed by atoms with Gasteiger partial charge in [0.2, 0.25) is 0 Å². The first kappa shape index (κ1) is 11.0. The minimum absolute atomic E-state index is 0.223. The zero-order chi connectivity index (χ0) is 12.2. The van der Waals surface area contributed by atoms with Gasteiger partial charge in [-0.15, -0.1) is 0 Å². The Hall–Kier alpha value is -1.09. The van der Waals surface area contributed by atoms with Gasteiger partial charge in [0, 0.05) is 27.6 Å². The van der Waals surface area contributed by atoms with Crippen LogP contribution in [0.1, 0.15) is 31.9 Å². The number of ketones is 1. The molecule has 0 bridgehead atoms. The highest BCUT2D eigenvalue weighted by molar-refractivity contribution is 9.10. The molecule has 0 spiro atoms. The van der Waals surface area contributed by atoms with Crippen molar-refractivity contribution in [2.24, 2.45) is 5.41 Å². The van der Waals surface area contributed by atoms with Crippen LogP contribution in [0, 0.1) is 5.41 Å². The molecule has 0 radical (unpaired) electrons. The summed E-state index contributed by atoms with van der Waals surface area (Å²) < 4.78 is 6.88. The number of Topliss-reactive ketones (excluding diaryl/α,β-unsaturated/α-hetero) is 1. The molecule has 3 heteroatoms. The Kier molecular flexibility index (Phi) is 2.24. The van der Waals surface area contributed by atoms with Gasteiger partial charge in [-0.1, -0.05) is 29.8 Å². The molecule has 17 heavy (non-hydrogen) atoms. The predicted octanol–water partition coefficient (Wildman–Crippen LogP) is 4.28. The summed E-state index contributed by atoms with van der Waals surface area (Å²) in [5.74, 6) is 1.48. The van der Waals surface area contributed by atoms with Crippen molar-refractivity contribution in [3.05, 3.63) is 34.5 Å². The zero-order valence-electron chi connectivity index (χ0n) is 9.79. The molecule has 1 aromatic carbocycles. The van der Waals surface area contributed by atoms with Crippen molar-refractivity contribution in [1.82, 2.24) is 0 Å². The summed E-state index contributed by atoms with van der Waals surface area (Å²) >= 11 is 3.45. The average Bonchev–Trinajstić information content (AvgIpc) is 2.67. The van der Waals surface area contributed by atoms with E-state index in [1.54, 1.807) is 0 Å². The summed E-state index contributed by atoms with van der Waals surface area (Å²) in [4.78, 5) is 11.6. The zero-order valence-corrected chi connectivity index (χ0v) is 11.4. The number of halogens is 1. The van der Waals surface area contributed by atoms with Crippen molar-refractivity contribution < 1.29 is 9.21 Å². The van der Waals surface area contributed by atoms with Crippen LogP contribution in [0.15, 0.2) is 33.2 Å². The summed E-state index contributed by atoms with van der Waals surface area (Å²) in [5, 5.41) is 1.09. The molecule has 3 rings (SSSR count). The Morgan fingerprint density at radius 3 is 2.76 bits per heavy atom. The van der Waals surface area contributed by atoms with E-state index >= 15 is 0 Å². The Morgan fingerprint density at radius 2 is 2.12 bits per heavy atom. The maximum Gasteiger partial charge on any atom is 0.139 e. The van der Waals surface area contributed by atoms with E-state index in [4.69, 9.17) is 4.42 Å². The standard InChI is InChI=1S/C14H13BrO2/c1-14(2)10(7-13(14)16)12-6-8-5-9(15)3-4-11(8)17-12/h3-6,10H,7H2,1-2H3. The van der Waals surface area contributed by atoms with Gasteiger partial charge in [-0.25, -0.2) is 0 Å². The van der Waals surface area contributed by atoms with Crippen LogP contribution >= 0.6 is 15.9 Å². The smallest absolute Gasteiger partial charge is 0.139 e. The van der Waals surface area contributed by atoms with Gasteiger partial charge in [0.1, 0.15) is 17.1 Å². The molecule has 0 saturated heterocycles. The number of carbonyl (C=O) groups excluding carboxylic acids is 1. The van der Waals surface area contributed by atoms with Crippen LogP contribution in [0.5, 0.6) is 0 Å². The first-order valence-electron chi connectivity index (χ1n) is 5.71. The molecule has 1 heterocycles. The summed E-state index contributed by atoms with van der Waals surface area (Å²) in [6, 6.07) is 8.01. The fourth-order valence-electron chi connectivity index (χ4n) is 2.43. The van der Waals surface area contributed by atoms with Gasteiger partial charge >= 0.3 is 0 Å². The molecule has 1 aliphatic rings. The SMILES string of the molecule is CC1(C)C(=O)CC1c1cc2cc(Br)ccc2o1. The third-order valence-corrected chi connectivity index (χ3v) is 4.31. The van der Waals surface area contributed by atoms with Crippen LogP contribution in [-0.2, 0) is 4.79 Å². The third kappa shape index (κ3) is 1.56. The molecule has 1 aliphatic carbocycles. The minimum Gasteiger partial charge on any atom is -0.461 e. The maximum atomic E-state index is 11.6. The van der Waals surface area contributed by atoms with E-state index in [2.05, 4.69) is 22.0 Å².